The van der Waals surface area contributed by atoms with Crippen LogP contribution in [0.25, 0.3) is 11.4 Å². The molecule has 3 aromatic rings. The second kappa shape index (κ2) is 7.55. The molecule has 1 aliphatic rings. The van der Waals surface area contributed by atoms with Crippen molar-refractivity contribution in [3.63, 3.8) is 0 Å². The molecule has 2 heterocycles. The maximum Gasteiger partial charge on any atom is 0.244 e. The van der Waals surface area contributed by atoms with Gasteiger partial charge in [-0.2, -0.15) is 10.2 Å². The van der Waals surface area contributed by atoms with Crippen LogP contribution in [0.5, 0.6) is 0 Å². The molecule has 4 rings (SSSR count). The first kappa shape index (κ1) is 17.8. The fraction of sp³-hybridized carbons (Fsp3) is 0.263. The van der Waals surface area contributed by atoms with Gasteiger partial charge in [0.05, 0.1) is 12.1 Å². The molecule has 2 aromatic carbocycles. The predicted molar refractivity (Wildman–Crippen MR) is 95.7 cm³/mol. The van der Waals surface area contributed by atoms with Crippen LogP contribution in [0.1, 0.15) is 23.9 Å². The van der Waals surface area contributed by atoms with E-state index in [0.717, 1.165) is 5.56 Å². The number of benzene rings is 2. The van der Waals surface area contributed by atoms with Crippen molar-refractivity contribution < 1.29 is 20.1 Å². The van der Waals surface area contributed by atoms with Gasteiger partial charge in [-0.1, -0.05) is 47.6 Å². The number of rotatable bonds is 5. The number of hydrogen-bond acceptors (Lipinski definition) is 7. The lowest BCUT2D eigenvalue weighted by Crippen LogP contribution is -2.99. The van der Waals surface area contributed by atoms with E-state index in [0.29, 0.717) is 36.8 Å². The van der Waals surface area contributed by atoms with Gasteiger partial charge in [-0.25, -0.2) is 5.21 Å². The van der Waals surface area contributed by atoms with Gasteiger partial charge < -0.3 is 14.8 Å². The van der Waals surface area contributed by atoms with Crippen LogP contribution in [-0.4, -0.2) is 38.0 Å². The first-order valence-electron chi connectivity index (χ1n) is 8.73. The van der Waals surface area contributed by atoms with Crippen molar-refractivity contribution in [2.45, 2.75) is 25.1 Å². The van der Waals surface area contributed by atoms with Crippen molar-refractivity contribution in [3.05, 3.63) is 71.3 Å². The van der Waals surface area contributed by atoms with Gasteiger partial charge in [-0.05, 0) is 12.0 Å². The number of aliphatic hydroxyl groups is 1. The van der Waals surface area contributed by atoms with Gasteiger partial charge in [0.1, 0.15) is 0 Å². The first-order chi connectivity index (χ1) is 13.1. The number of β-amino-alcohol motifs (C(OH)–C–C–N with tert-alkyl or cyclic N) is 1. The van der Waals surface area contributed by atoms with Gasteiger partial charge in [-0.3, -0.25) is 4.90 Å². The first-order valence-corrected chi connectivity index (χ1v) is 8.73. The lowest BCUT2D eigenvalue weighted by Gasteiger charge is -2.21. The molecule has 0 bridgehead atoms. The fourth-order valence-corrected chi connectivity index (χ4v) is 3.41. The molecular formula is C19H20N4O4. The highest BCUT2D eigenvalue weighted by molar-refractivity contribution is 5.58. The van der Waals surface area contributed by atoms with E-state index in [1.807, 2.05) is 30.3 Å². The van der Waals surface area contributed by atoms with Gasteiger partial charge in [-0.15, -0.1) is 0 Å². The number of aliphatic hydroxyl groups excluding tert-OH is 1. The van der Waals surface area contributed by atoms with Crippen molar-refractivity contribution in [1.82, 2.24) is 15.0 Å². The largest absolute Gasteiger partial charge is 0.595 e. The molecular weight excluding hydrogens is 348 g/mol. The van der Waals surface area contributed by atoms with E-state index in [-0.39, 0.29) is 11.7 Å². The van der Waals surface area contributed by atoms with Crippen LogP contribution in [0.2, 0.25) is 0 Å². The Balaban J connectivity index is 1.57. The zero-order valence-corrected chi connectivity index (χ0v) is 14.5. The van der Waals surface area contributed by atoms with Crippen molar-refractivity contribution >= 4 is 5.69 Å². The summed E-state index contributed by atoms with van der Waals surface area (Å²) in [6, 6.07) is 16.3. The van der Waals surface area contributed by atoms with Crippen LogP contribution in [0, 0.1) is 5.21 Å². The number of hydrogen-bond donors (Lipinski definition) is 3. The fourth-order valence-electron chi connectivity index (χ4n) is 3.41. The maximum absolute atomic E-state index is 11.2. The predicted octanol–water partition coefficient (Wildman–Crippen LogP) is 1.45. The van der Waals surface area contributed by atoms with E-state index in [4.69, 9.17) is 9.73 Å². The molecule has 140 valence electrons. The van der Waals surface area contributed by atoms with E-state index in [9.17, 15) is 10.3 Å². The average molecular weight is 368 g/mol. The summed E-state index contributed by atoms with van der Waals surface area (Å²) >= 11 is 0. The smallest absolute Gasteiger partial charge is 0.244 e. The van der Waals surface area contributed by atoms with Gasteiger partial charge in [0.2, 0.25) is 11.7 Å². The zero-order valence-electron chi connectivity index (χ0n) is 14.5. The molecule has 8 heteroatoms. The van der Waals surface area contributed by atoms with E-state index in [2.05, 4.69) is 15.0 Å². The molecule has 0 amide bonds. The van der Waals surface area contributed by atoms with Crippen molar-refractivity contribution in [1.29, 1.82) is 0 Å². The molecule has 8 nitrogen and oxygen atoms in total. The third-order valence-electron chi connectivity index (χ3n) is 4.70. The lowest BCUT2D eigenvalue weighted by atomic mass is 10.1. The SMILES string of the molecule is [O-][NH+](O)c1cccc(-c2noc([C@@H]3C[C@@H](O)CN3Cc3ccccc3)n2)c1. The maximum atomic E-state index is 11.2. The van der Waals surface area contributed by atoms with Gasteiger partial charge in [0.25, 0.3) is 0 Å². The Morgan fingerprint density at radius 3 is 2.78 bits per heavy atom. The zero-order chi connectivity index (χ0) is 18.8. The summed E-state index contributed by atoms with van der Waals surface area (Å²) in [5.41, 5.74) is 1.89. The monoisotopic (exact) mass is 368 g/mol. The van der Waals surface area contributed by atoms with Crippen LogP contribution < -0.4 is 5.23 Å². The number of likely N-dealkylation sites (tertiary alicyclic amines) is 1. The molecule has 0 radical (unpaired) electrons. The van der Waals surface area contributed by atoms with Crippen LogP contribution in [0.3, 0.4) is 0 Å². The minimum Gasteiger partial charge on any atom is -0.595 e. The van der Waals surface area contributed by atoms with E-state index >= 15 is 0 Å². The summed E-state index contributed by atoms with van der Waals surface area (Å²) in [5, 5.41) is 33.4. The van der Waals surface area contributed by atoms with Crippen LogP contribution in [-0.2, 0) is 6.54 Å². The van der Waals surface area contributed by atoms with Gasteiger partial charge >= 0.3 is 0 Å². The Bertz CT molecular complexity index is 899. The lowest BCUT2D eigenvalue weighted by molar-refractivity contribution is -0.991. The summed E-state index contributed by atoms with van der Waals surface area (Å²) in [4.78, 5) is 6.58. The Morgan fingerprint density at radius 1 is 1.19 bits per heavy atom. The molecule has 1 fully saturated rings. The van der Waals surface area contributed by atoms with Crippen LogP contribution in [0.15, 0.2) is 59.1 Å². The molecule has 1 aliphatic heterocycles. The Labute approximate surface area is 155 Å². The average Bonchev–Trinajstić information content (AvgIpc) is 3.29. The molecule has 1 unspecified atom stereocenters. The third-order valence-corrected chi connectivity index (χ3v) is 4.70. The summed E-state index contributed by atoms with van der Waals surface area (Å²) in [6.07, 6.45) is 0.0632. The Kier molecular flexibility index (Phi) is 4.97. The molecule has 1 aromatic heterocycles. The Morgan fingerprint density at radius 2 is 2.00 bits per heavy atom. The second-order valence-electron chi connectivity index (χ2n) is 6.66. The van der Waals surface area contributed by atoms with Crippen molar-refractivity contribution in [2.24, 2.45) is 0 Å². The number of nitrogens with zero attached hydrogens (tertiary/aromatic N) is 3. The summed E-state index contributed by atoms with van der Waals surface area (Å²) in [7, 11) is 0. The summed E-state index contributed by atoms with van der Waals surface area (Å²) in [5.74, 6) is 0.771. The highest BCUT2D eigenvalue weighted by Crippen LogP contribution is 2.33. The van der Waals surface area contributed by atoms with E-state index in [1.165, 1.54) is 12.1 Å². The third kappa shape index (κ3) is 3.90. The molecule has 1 saturated heterocycles. The van der Waals surface area contributed by atoms with E-state index < -0.39 is 11.3 Å². The molecule has 3 atom stereocenters. The minimum absolute atomic E-state index is 0.167. The second-order valence-corrected chi connectivity index (χ2v) is 6.66. The Hall–Kier alpha value is -2.62. The molecule has 0 saturated carbocycles. The number of nitrogens with one attached hydrogen (secondary N) is 1. The molecule has 27 heavy (non-hydrogen) atoms. The highest BCUT2D eigenvalue weighted by atomic mass is 16.8. The normalized spacial score (nSPS) is 21.4. The van der Waals surface area contributed by atoms with Crippen LogP contribution >= 0.6 is 0 Å². The minimum atomic E-state index is -1.01. The molecule has 0 spiro atoms. The molecule has 3 N–H and O–H groups in total. The highest BCUT2D eigenvalue weighted by Gasteiger charge is 2.35. The van der Waals surface area contributed by atoms with E-state index in [1.54, 1.807) is 12.1 Å². The van der Waals surface area contributed by atoms with Gasteiger partial charge in [0.15, 0.2) is 5.69 Å². The molecule has 0 aliphatic carbocycles. The summed E-state index contributed by atoms with van der Waals surface area (Å²) < 4.78 is 5.46. The quantitative estimate of drug-likeness (QED) is 0.585. The van der Waals surface area contributed by atoms with Crippen LogP contribution in [0.4, 0.5) is 5.69 Å². The van der Waals surface area contributed by atoms with Crippen molar-refractivity contribution in [3.8, 4) is 11.4 Å². The summed E-state index contributed by atoms with van der Waals surface area (Å²) in [6.45, 7) is 1.21. The number of aromatic nitrogens is 2. The number of quaternary nitrogens is 1. The topological polar surface area (TPSA) is 110 Å². The van der Waals surface area contributed by atoms with Crippen molar-refractivity contribution in [2.75, 3.05) is 6.54 Å². The standard InChI is InChI=1S/C19H20N4O4/c24-16-10-17(22(12-16)11-13-5-2-1-3-6-13)19-20-18(21-27-19)14-7-4-8-15(9-14)23(25)26/h1-9,16-17,23-25H,10-12H2/t16-,17+/m1/s1. The van der Waals surface area contributed by atoms with Gasteiger partial charge in [0, 0.05) is 30.8 Å².